The minimum atomic E-state index is -4.00. The first kappa shape index (κ1) is 24.6. The van der Waals surface area contributed by atoms with E-state index in [2.05, 4.69) is 0 Å². The van der Waals surface area contributed by atoms with Crippen molar-refractivity contribution in [3.8, 4) is 0 Å². The number of hydrogen-bond donors (Lipinski definition) is 0. The molecular formula is C22H24ClNO6S. The fourth-order valence-electron chi connectivity index (χ4n) is 2.86. The molecule has 0 N–H and O–H groups in total. The zero-order valence-electron chi connectivity index (χ0n) is 17.3. The van der Waals surface area contributed by atoms with E-state index in [1.165, 1.54) is 31.2 Å². The van der Waals surface area contributed by atoms with Crippen LogP contribution in [0.15, 0.2) is 53.4 Å². The molecule has 0 aromatic heterocycles. The zero-order chi connectivity index (χ0) is 23.0. The number of carbonyl (C=O) groups is 3. The molecule has 0 aliphatic rings. The Balaban J connectivity index is 2.03. The predicted molar refractivity (Wildman–Crippen MR) is 116 cm³/mol. The van der Waals surface area contributed by atoms with Crippen molar-refractivity contribution >= 4 is 39.3 Å². The summed E-state index contributed by atoms with van der Waals surface area (Å²) in [5, 5.41) is 0.394. The number of sulfonamides is 1. The number of halogens is 1. The first-order chi connectivity index (χ1) is 14.6. The summed E-state index contributed by atoms with van der Waals surface area (Å²) in [7, 11) is -4.00. The number of hydrogen-bond acceptors (Lipinski definition) is 6. The second-order valence-corrected chi connectivity index (χ2v) is 9.02. The molecule has 9 heteroatoms. The zero-order valence-corrected chi connectivity index (χ0v) is 18.9. The molecule has 2 aromatic rings. The van der Waals surface area contributed by atoms with Crippen LogP contribution in [0.25, 0.3) is 0 Å². The van der Waals surface area contributed by atoms with E-state index < -0.39 is 21.9 Å². The van der Waals surface area contributed by atoms with Crippen molar-refractivity contribution in [2.75, 3.05) is 13.2 Å². The summed E-state index contributed by atoms with van der Waals surface area (Å²) >= 11 is 5.81. The lowest BCUT2D eigenvalue weighted by Crippen LogP contribution is -2.36. The van der Waals surface area contributed by atoms with E-state index >= 15 is 0 Å². The van der Waals surface area contributed by atoms with Gasteiger partial charge in [-0.05, 0) is 43.2 Å². The van der Waals surface area contributed by atoms with Crippen LogP contribution in [0.5, 0.6) is 0 Å². The van der Waals surface area contributed by atoms with Gasteiger partial charge in [-0.25, -0.2) is 12.7 Å². The number of amides is 1. The van der Waals surface area contributed by atoms with Crippen LogP contribution in [0.3, 0.4) is 0 Å². The molecule has 31 heavy (non-hydrogen) atoms. The number of nitrogens with zero attached hydrogens (tertiary/aromatic N) is 1. The molecule has 0 spiro atoms. The highest BCUT2D eigenvalue weighted by molar-refractivity contribution is 7.89. The van der Waals surface area contributed by atoms with Crippen molar-refractivity contribution in [2.24, 2.45) is 0 Å². The molecule has 0 heterocycles. The van der Waals surface area contributed by atoms with Crippen molar-refractivity contribution in [2.45, 2.75) is 38.0 Å². The lowest BCUT2D eigenvalue weighted by molar-refractivity contribution is -0.143. The number of Topliss-reactive ketones (excluding diaryl/α,β-unsaturated/α-hetero) is 1. The Labute approximate surface area is 187 Å². The van der Waals surface area contributed by atoms with Gasteiger partial charge in [-0.3, -0.25) is 14.4 Å². The summed E-state index contributed by atoms with van der Waals surface area (Å²) in [5.74, 6) is -1.20. The molecule has 2 rings (SSSR count). The molecule has 0 atom stereocenters. The van der Waals surface area contributed by atoms with Crippen LogP contribution >= 0.6 is 11.6 Å². The Hall–Kier alpha value is -2.71. The van der Waals surface area contributed by atoms with Gasteiger partial charge in [0.15, 0.2) is 5.78 Å². The third-order valence-electron chi connectivity index (χ3n) is 4.49. The summed E-state index contributed by atoms with van der Waals surface area (Å²) in [6, 6.07) is 12.2. The van der Waals surface area contributed by atoms with Gasteiger partial charge >= 0.3 is 5.97 Å². The molecular weight excluding hydrogens is 442 g/mol. The quantitative estimate of drug-likeness (QED) is 0.392. The molecule has 7 nitrogen and oxygen atoms in total. The van der Waals surface area contributed by atoms with Crippen molar-refractivity contribution in [3.05, 3.63) is 64.7 Å². The van der Waals surface area contributed by atoms with Crippen molar-refractivity contribution < 1.29 is 27.5 Å². The average Bonchev–Trinajstić information content (AvgIpc) is 2.72. The van der Waals surface area contributed by atoms with E-state index in [9.17, 15) is 22.8 Å². The Morgan fingerprint density at radius 1 is 0.968 bits per heavy atom. The van der Waals surface area contributed by atoms with Gasteiger partial charge in [0.05, 0.1) is 17.9 Å². The van der Waals surface area contributed by atoms with Crippen LogP contribution in [0, 0.1) is 0 Å². The number of benzene rings is 2. The van der Waals surface area contributed by atoms with E-state index in [4.69, 9.17) is 16.3 Å². The van der Waals surface area contributed by atoms with E-state index in [1.807, 2.05) is 0 Å². The summed E-state index contributed by atoms with van der Waals surface area (Å²) in [6.07, 6.45) is 0.351. The van der Waals surface area contributed by atoms with Crippen LogP contribution < -0.4 is 0 Å². The standard InChI is InChI=1S/C22H24ClNO6S/c1-3-30-22(27)13-12-21(26)18-6-4-17(5-7-18)14-15-24(16(2)25)31(28,29)20-10-8-19(23)9-11-20/h4-11H,3,12-15H2,1-2H3. The van der Waals surface area contributed by atoms with Crippen molar-refractivity contribution in [1.82, 2.24) is 4.31 Å². The number of carbonyl (C=O) groups excluding carboxylic acids is 3. The Morgan fingerprint density at radius 3 is 2.13 bits per heavy atom. The summed E-state index contributed by atoms with van der Waals surface area (Å²) in [5.41, 5.74) is 1.21. The van der Waals surface area contributed by atoms with Gasteiger partial charge in [0, 0.05) is 30.5 Å². The van der Waals surface area contributed by atoms with Crippen LogP contribution in [0.4, 0.5) is 0 Å². The summed E-state index contributed by atoms with van der Waals surface area (Å²) in [4.78, 5) is 35.5. The van der Waals surface area contributed by atoms with Crippen molar-refractivity contribution in [1.29, 1.82) is 0 Å². The molecule has 0 saturated heterocycles. The van der Waals surface area contributed by atoms with Crippen molar-refractivity contribution in [3.63, 3.8) is 0 Å². The Kier molecular flexibility index (Phi) is 8.76. The summed E-state index contributed by atoms with van der Waals surface area (Å²) in [6.45, 7) is 3.12. The third kappa shape index (κ3) is 6.90. The van der Waals surface area contributed by atoms with Gasteiger partial charge in [-0.15, -0.1) is 0 Å². The monoisotopic (exact) mass is 465 g/mol. The van der Waals surface area contributed by atoms with Gasteiger partial charge in [0.2, 0.25) is 5.91 Å². The molecule has 0 radical (unpaired) electrons. The van der Waals surface area contributed by atoms with Gasteiger partial charge in [-0.1, -0.05) is 35.9 Å². The number of rotatable bonds is 10. The molecule has 2 aromatic carbocycles. The number of ether oxygens (including phenoxy) is 1. The SMILES string of the molecule is CCOC(=O)CCC(=O)c1ccc(CCN(C(C)=O)S(=O)(=O)c2ccc(Cl)cc2)cc1. The third-order valence-corrected chi connectivity index (χ3v) is 6.63. The average molecular weight is 466 g/mol. The molecule has 0 fully saturated rings. The van der Waals surface area contributed by atoms with E-state index in [0.717, 1.165) is 9.87 Å². The highest BCUT2D eigenvalue weighted by Gasteiger charge is 2.26. The van der Waals surface area contributed by atoms with E-state index in [1.54, 1.807) is 31.2 Å². The van der Waals surface area contributed by atoms with Crippen LogP contribution in [0.1, 0.15) is 42.6 Å². The second kappa shape index (κ2) is 11.1. The first-order valence-electron chi connectivity index (χ1n) is 9.71. The van der Waals surface area contributed by atoms with Gasteiger partial charge < -0.3 is 4.74 Å². The molecule has 0 bridgehead atoms. The minimum Gasteiger partial charge on any atom is -0.466 e. The first-order valence-corrected chi connectivity index (χ1v) is 11.5. The van der Waals surface area contributed by atoms with Crippen LogP contribution in [-0.2, 0) is 30.8 Å². The fraction of sp³-hybridized carbons (Fsp3) is 0.318. The molecule has 0 aliphatic heterocycles. The van der Waals surface area contributed by atoms with E-state index in [-0.39, 0.29) is 43.1 Å². The normalized spacial score (nSPS) is 11.1. The van der Waals surface area contributed by atoms with E-state index in [0.29, 0.717) is 10.6 Å². The topological polar surface area (TPSA) is 97.8 Å². The Morgan fingerprint density at radius 2 is 1.58 bits per heavy atom. The number of esters is 1. The number of ketones is 1. The minimum absolute atomic E-state index is 0.0184. The van der Waals surface area contributed by atoms with Gasteiger partial charge in [-0.2, -0.15) is 0 Å². The second-order valence-electron chi connectivity index (χ2n) is 6.73. The predicted octanol–water partition coefficient (Wildman–Crippen LogP) is 3.65. The molecule has 1 amide bonds. The largest absolute Gasteiger partial charge is 0.466 e. The molecule has 0 saturated carbocycles. The van der Waals surface area contributed by atoms with Gasteiger partial charge in [0.25, 0.3) is 10.0 Å². The molecule has 166 valence electrons. The maximum Gasteiger partial charge on any atom is 0.306 e. The lowest BCUT2D eigenvalue weighted by atomic mass is 10.0. The maximum atomic E-state index is 12.8. The smallest absolute Gasteiger partial charge is 0.306 e. The maximum absolute atomic E-state index is 12.8. The fourth-order valence-corrected chi connectivity index (χ4v) is 4.39. The highest BCUT2D eigenvalue weighted by atomic mass is 35.5. The summed E-state index contributed by atoms with van der Waals surface area (Å²) < 4.78 is 31.2. The van der Waals surface area contributed by atoms with Gasteiger partial charge in [0.1, 0.15) is 0 Å². The van der Waals surface area contributed by atoms with Crippen LogP contribution in [0.2, 0.25) is 5.02 Å². The Bertz CT molecular complexity index is 1030. The lowest BCUT2D eigenvalue weighted by Gasteiger charge is -2.21. The molecule has 0 aliphatic carbocycles. The highest BCUT2D eigenvalue weighted by Crippen LogP contribution is 2.19. The van der Waals surface area contributed by atoms with Crippen LogP contribution in [-0.4, -0.2) is 43.5 Å². The molecule has 0 unspecified atom stereocenters.